The molecule has 1 heterocycles. The van der Waals surface area contributed by atoms with Crippen LogP contribution in [-0.4, -0.2) is 17.2 Å². The van der Waals surface area contributed by atoms with Crippen molar-refractivity contribution in [1.82, 2.24) is 15.5 Å². The Balaban J connectivity index is 2.37. The maximum absolute atomic E-state index is 4.31. The highest BCUT2D eigenvalue weighted by Crippen LogP contribution is 2.31. The molecular weight excluding hydrogens is 310 g/mol. The van der Waals surface area contributed by atoms with E-state index in [1.54, 1.807) is 11.3 Å². The minimum Gasteiger partial charge on any atom is -0.311 e. The van der Waals surface area contributed by atoms with Gasteiger partial charge >= 0.3 is 0 Å². The van der Waals surface area contributed by atoms with E-state index in [2.05, 4.69) is 57.4 Å². The molecule has 18 heavy (non-hydrogen) atoms. The SMILES string of the molecule is CCC(NC)c1nnc(-c2cc(Br)ccc2C)s1. The van der Waals surface area contributed by atoms with Crippen molar-refractivity contribution >= 4 is 27.3 Å². The average Bonchev–Trinajstić information content (AvgIpc) is 2.83. The van der Waals surface area contributed by atoms with Crippen molar-refractivity contribution in [3.8, 4) is 10.6 Å². The average molecular weight is 326 g/mol. The summed E-state index contributed by atoms with van der Waals surface area (Å²) in [5, 5.41) is 13.9. The highest BCUT2D eigenvalue weighted by atomic mass is 79.9. The molecule has 1 aromatic heterocycles. The van der Waals surface area contributed by atoms with Crippen LogP contribution in [0.25, 0.3) is 10.6 Å². The van der Waals surface area contributed by atoms with Crippen molar-refractivity contribution in [3.05, 3.63) is 33.2 Å². The minimum atomic E-state index is 0.295. The van der Waals surface area contributed by atoms with Crippen LogP contribution >= 0.6 is 27.3 Å². The van der Waals surface area contributed by atoms with E-state index in [0.29, 0.717) is 6.04 Å². The number of rotatable bonds is 4. The Kier molecular flexibility index (Phi) is 4.48. The number of benzene rings is 1. The molecule has 0 fully saturated rings. The molecule has 0 bridgehead atoms. The second-order valence-electron chi connectivity index (χ2n) is 4.15. The fourth-order valence-corrected chi connectivity index (χ4v) is 3.29. The van der Waals surface area contributed by atoms with Gasteiger partial charge in [0, 0.05) is 10.0 Å². The first kappa shape index (κ1) is 13.6. The molecule has 0 spiro atoms. The standard InChI is InChI=1S/C13H16BrN3S/c1-4-11(15-3)13-17-16-12(18-13)10-7-9(14)6-5-8(10)2/h5-7,11,15H,4H2,1-3H3. The van der Waals surface area contributed by atoms with Gasteiger partial charge < -0.3 is 5.32 Å². The Morgan fingerprint density at radius 3 is 2.83 bits per heavy atom. The van der Waals surface area contributed by atoms with Gasteiger partial charge in [0.25, 0.3) is 0 Å². The number of aromatic nitrogens is 2. The lowest BCUT2D eigenvalue weighted by Gasteiger charge is -2.08. The van der Waals surface area contributed by atoms with Crippen LogP contribution in [0.3, 0.4) is 0 Å². The molecule has 2 aromatic rings. The minimum absolute atomic E-state index is 0.295. The first-order valence-corrected chi connectivity index (χ1v) is 7.53. The second-order valence-corrected chi connectivity index (χ2v) is 6.08. The number of nitrogens with zero attached hydrogens (tertiary/aromatic N) is 2. The zero-order valence-corrected chi connectivity index (χ0v) is 13.1. The number of aryl methyl sites for hydroxylation is 1. The first-order valence-electron chi connectivity index (χ1n) is 5.93. The van der Waals surface area contributed by atoms with Crippen LogP contribution in [0.2, 0.25) is 0 Å². The zero-order chi connectivity index (χ0) is 13.1. The Labute approximate surface area is 120 Å². The van der Waals surface area contributed by atoms with Crippen molar-refractivity contribution in [3.63, 3.8) is 0 Å². The Morgan fingerprint density at radius 1 is 1.39 bits per heavy atom. The molecule has 0 aliphatic rings. The predicted molar refractivity (Wildman–Crippen MR) is 79.9 cm³/mol. The van der Waals surface area contributed by atoms with Crippen LogP contribution in [0, 0.1) is 6.92 Å². The summed E-state index contributed by atoms with van der Waals surface area (Å²) in [6.07, 6.45) is 1.02. The van der Waals surface area contributed by atoms with Gasteiger partial charge in [0.15, 0.2) is 0 Å². The van der Waals surface area contributed by atoms with Crippen LogP contribution in [0.15, 0.2) is 22.7 Å². The summed E-state index contributed by atoms with van der Waals surface area (Å²) >= 11 is 5.16. The van der Waals surface area contributed by atoms with Gasteiger partial charge in [-0.05, 0) is 38.1 Å². The second kappa shape index (κ2) is 5.91. The van der Waals surface area contributed by atoms with Gasteiger partial charge in [-0.2, -0.15) is 0 Å². The number of halogens is 1. The molecule has 0 amide bonds. The zero-order valence-electron chi connectivity index (χ0n) is 10.7. The molecule has 1 atom stereocenters. The summed E-state index contributed by atoms with van der Waals surface area (Å²) in [6, 6.07) is 6.53. The monoisotopic (exact) mass is 325 g/mol. The molecular formula is C13H16BrN3S. The maximum atomic E-state index is 4.31. The molecule has 96 valence electrons. The molecule has 1 unspecified atom stereocenters. The third kappa shape index (κ3) is 2.79. The van der Waals surface area contributed by atoms with E-state index in [-0.39, 0.29) is 0 Å². The summed E-state index contributed by atoms with van der Waals surface area (Å²) < 4.78 is 1.07. The Bertz CT molecular complexity index is 535. The molecule has 5 heteroatoms. The molecule has 1 N–H and O–H groups in total. The summed E-state index contributed by atoms with van der Waals surface area (Å²) in [4.78, 5) is 0. The van der Waals surface area contributed by atoms with Crippen LogP contribution in [0.4, 0.5) is 0 Å². The summed E-state index contributed by atoms with van der Waals surface area (Å²) in [5.41, 5.74) is 2.37. The molecule has 0 aliphatic carbocycles. The van der Waals surface area contributed by atoms with Gasteiger partial charge in [-0.15, -0.1) is 10.2 Å². The fraction of sp³-hybridized carbons (Fsp3) is 0.385. The van der Waals surface area contributed by atoms with E-state index in [1.807, 2.05) is 13.1 Å². The molecule has 1 aromatic carbocycles. The van der Waals surface area contributed by atoms with Gasteiger partial charge in [-0.1, -0.05) is 40.3 Å². The maximum Gasteiger partial charge on any atom is 0.148 e. The molecule has 0 saturated heterocycles. The van der Waals surface area contributed by atoms with Crippen LogP contribution < -0.4 is 5.32 Å². The van der Waals surface area contributed by atoms with Crippen molar-refractivity contribution in [2.45, 2.75) is 26.3 Å². The summed E-state index contributed by atoms with van der Waals surface area (Å²) in [7, 11) is 1.96. The quantitative estimate of drug-likeness (QED) is 0.924. The van der Waals surface area contributed by atoms with E-state index in [9.17, 15) is 0 Å². The van der Waals surface area contributed by atoms with Gasteiger partial charge in [0.05, 0.1) is 6.04 Å². The van der Waals surface area contributed by atoms with Gasteiger partial charge in [0.2, 0.25) is 0 Å². The molecule has 0 saturated carbocycles. The molecule has 2 rings (SSSR count). The Hall–Kier alpha value is -0.780. The van der Waals surface area contributed by atoms with E-state index in [1.165, 1.54) is 5.56 Å². The molecule has 3 nitrogen and oxygen atoms in total. The number of hydrogen-bond acceptors (Lipinski definition) is 4. The highest BCUT2D eigenvalue weighted by Gasteiger charge is 2.15. The number of hydrogen-bond donors (Lipinski definition) is 1. The number of nitrogens with one attached hydrogen (secondary N) is 1. The lowest BCUT2D eigenvalue weighted by Crippen LogP contribution is -2.14. The van der Waals surface area contributed by atoms with Gasteiger partial charge in [-0.3, -0.25) is 0 Å². The normalized spacial score (nSPS) is 12.7. The first-order chi connectivity index (χ1) is 8.65. The summed E-state index contributed by atoms with van der Waals surface area (Å²) in [5.74, 6) is 0. The van der Waals surface area contributed by atoms with E-state index < -0.39 is 0 Å². The predicted octanol–water partition coefficient (Wildman–Crippen LogP) is 3.95. The van der Waals surface area contributed by atoms with E-state index >= 15 is 0 Å². The topological polar surface area (TPSA) is 37.8 Å². The fourth-order valence-electron chi connectivity index (χ4n) is 1.81. The smallest absolute Gasteiger partial charge is 0.148 e. The van der Waals surface area contributed by atoms with Crippen LogP contribution in [0.5, 0.6) is 0 Å². The van der Waals surface area contributed by atoms with Crippen LogP contribution in [0.1, 0.15) is 30.0 Å². The van der Waals surface area contributed by atoms with Crippen molar-refractivity contribution in [2.24, 2.45) is 0 Å². The van der Waals surface area contributed by atoms with Crippen molar-refractivity contribution < 1.29 is 0 Å². The summed E-state index contributed by atoms with van der Waals surface area (Å²) in [6.45, 7) is 4.24. The Morgan fingerprint density at radius 2 is 2.17 bits per heavy atom. The third-order valence-electron chi connectivity index (χ3n) is 2.93. The largest absolute Gasteiger partial charge is 0.311 e. The van der Waals surface area contributed by atoms with Crippen molar-refractivity contribution in [1.29, 1.82) is 0 Å². The van der Waals surface area contributed by atoms with Crippen molar-refractivity contribution in [2.75, 3.05) is 7.05 Å². The van der Waals surface area contributed by atoms with Gasteiger partial charge in [-0.25, -0.2) is 0 Å². The van der Waals surface area contributed by atoms with Gasteiger partial charge in [0.1, 0.15) is 10.0 Å². The van der Waals surface area contributed by atoms with E-state index in [4.69, 9.17) is 0 Å². The molecule has 0 aliphatic heterocycles. The third-order valence-corrected chi connectivity index (χ3v) is 4.49. The lowest BCUT2D eigenvalue weighted by atomic mass is 10.1. The van der Waals surface area contributed by atoms with Crippen LogP contribution in [-0.2, 0) is 0 Å². The molecule has 0 radical (unpaired) electrons. The van der Waals surface area contributed by atoms with E-state index in [0.717, 1.165) is 26.5 Å². The highest BCUT2D eigenvalue weighted by molar-refractivity contribution is 9.10. The lowest BCUT2D eigenvalue weighted by molar-refractivity contribution is 0.568.